The van der Waals surface area contributed by atoms with Gasteiger partial charge in [-0.2, -0.15) is 0 Å². The normalized spacial score (nSPS) is 12.4. The van der Waals surface area contributed by atoms with Crippen LogP contribution in [0.1, 0.15) is 11.2 Å². The van der Waals surface area contributed by atoms with Crippen LogP contribution in [0.15, 0.2) is 30.6 Å². The number of hydrogen-bond donors (Lipinski definition) is 0. The number of rotatable bonds is 3. The summed E-state index contributed by atoms with van der Waals surface area (Å²) in [5.74, 6) is 0.386. The average molecular weight is 270 g/mol. The van der Waals surface area contributed by atoms with Crippen molar-refractivity contribution in [3.63, 3.8) is 0 Å². The molecule has 0 amide bonds. The van der Waals surface area contributed by atoms with Crippen molar-refractivity contribution in [3.05, 3.63) is 41.4 Å². The van der Waals surface area contributed by atoms with Crippen LogP contribution in [0.3, 0.4) is 0 Å². The molecule has 0 N–H and O–H groups in total. The van der Waals surface area contributed by atoms with Crippen LogP contribution in [-0.4, -0.2) is 21.2 Å². The van der Waals surface area contributed by atoms with E-state index in [-0.39, 0.29) is 10.8 Å². The first kappa shape index (κ1) is 12.3. The summed E-state index contributed by atoms with van der Waals surface area (Å²) in [7, 11) is 0. The molecule has 0 radical (unpaired) electrons. The minimum absolute atomic E-state index is 0.227. The molecule has 0 bridgehead atoms. The molecule has 0 aliphatic heterocycles. The topological polar surface area (TPSA) is 38.7 Å². The van der Waals surface area contributed by atoms with Crippen molar-refractivity contribution in [2.45, 2.75) is 5.50 Å². The molecule has 2 aromatic rings. The smallest absolute Gasteiger partial charge is 0.187 e. The Morgan fingerprint density at radius 3 is 2.88 bits per heavy atom. The molecule has 0 aliphatic carbocycles. The van der Waals surface area contributed by atoms with Gasteiger partial charge in [-0.15, -0.1) is 11.8 Å². The Morgan fingerprint density at radius 1 is 1.41 bits per heavy atom. The van der Waals surface area contributed by atoms with Crippen LogP contribution < -0.4 is 0 Å². The van der Waals surface area contributed by atoms with Crippen molar-refractivity contribution >= 4 is 23.4 Å². The van der Waals surface area contributed by atoms with E-state index in [0.717, 1.165) is 11.8 Å². The van der Waals surface area contributed by atoms with E-state index in [9.17, 15) is 4.39 Å². The van der Waals surface area contributed by atoms with E-state index in [1.165, 1.54) is 6.07 Å². The minimum atomic E-state index is -1.20. The highest BCUT2D eigenvalue weighted by Gasteiger charge is 2.13. The SMILES string of the molecule is CSC(F)c1cc(Cl)nc(-c2cccnc2)n1. The molecule has 88 valence electrons. The standard InChI is InChI=1S/C11H9ClFN3S/c1-17-10(13)8-5-9(12)16-11(15-8)7-3-2-4-14-6-7/h2-6,10H,1H3. The summed E-state index contributed by atoms with van der Waals surface area (Å²) in [6, 6.07) is 5.00. The Labute approximate surface area is 107 Å². The molecule has 0 saturated heterocycles. The lowest BCUT2D eigenvalue weighted by atomic mass is 10.2. The molecule has 0 saturated carbocycles. The second kappa shape index (κ2) is 5.42. The molecule has 2 heterocycles. The second-order valence-electron chi connectivity index (χ2n) is 3.23. The molecule has 6 heteroatoms. The summed E-state index contributed by atoms with van der Waals surface area (Å²) in [6.07, 6.45) is 4.93. The zero-order valence-electron chi connectivity index (χ0n) is 8.97. The van der Waals surface area contributed by atoms with Gasteiger partial charge in [0, 0.05) is 24.0 Å². The summed E-state index contributed by atoms with van der Waals surface area (Å²) < 4.78 is 13.5. The van der Waals surface area contributed by atoms with Crippen molar-refractivity contribution in [2.24, 2.45) is 0 Å². The van der Waals surface area contributed by atoms with Crippen molar-refractivity contribution < 1.29 is 4.39 Å². The van der Waals surface area contributed by atoms with Crippen LogP contribution in [0, 0.1) is 0 Å². The second-order valence-corrected chi connectivity index (χ2v) is 4.51. The molecule has 2 aromatic heterocycles. The number of hydrogen-bond acceptors (Lipinski definition) is 4. The molecular formula is C11H9ClFN3S. The number of halogens is 2. The van der Waals surface area contributed by atoms with E-state index in [4.69, 9.17) is 11.6 Å². The number of alkyl halides is 1. The van der Waals surface area contributed by atoms with Crippen LogP contribution in [0.5, 0.6) is 0 Å². The molecule has 0 aromatic carbocycles. The molecular weight excluding hydrogens is 261 g/mol. The lowest BCUT2D eigenvalue weighted by molar-refractivity contribution is 0.461. The summed E-state index contributed by atoms with van der Waals surface area (Å²) in [6.45, 7) is 0. The highest BCUT2D eigenvalue weighted by molar-refractivity contribution is 7.98. The van der Waals surface area contributed by atoms with Crippen LogP contribution in [0.25, 0.3) is 11.4 Å². The van der Waals surface area contributed by atoms with E-state index in [1.807, 2.05) is 0 Å². The largest absolute Gasteiger partial charge is 0.264 e. The molecule has 1 unspecified atom stereocenters. The van der Waals surface area contributed by atoms with Crippen LogP contribution in [0.4, 0.5) is 4.39 Å². The van der Waals surface area contributed by atoms with Gasteiger partial charge in [0.25, 0.3) is 0 Å². The third-order valence-corrected chi connectivity index (χ3v) is 2.92. The highest BCUT2D eigenvalue weighted by atomic mass is 35.5. The van der Waals surface area contributed by atoms with Gasteiger partial charge in [0.05, 0.1) is 5.69 Å². The summed E-state index contributed by atoms with van der Waals surface area (Å²) in [5, 5.41) is 0.227. The fourth-order valence-corrected chi connectivity index (χ4v) is 1.85. The fourth-order valence-electron chi connectivity index (χ4n) is 1.30. The monoisotopic (exact) mass is 269 g/mol. The van der Waals surface area contributed by atoms with E-state index in [0.29, 0.717) is 11.4 Å². The van der Waals surface area contributed by atoms with Gasteiger partial charge in [-0.1, -0.05) is 11.6 Å². The summed E-state index contributed by atoms with van der Waals surface area (Å²) >= 11 is 6.91. The Bertz CT molecular complexity index is 509. The zero-order valence-corrected chi connectivity index (χ0v) is 10.5. The van der Waals surface area contributed by atoms with Gasteiger partial charge < -0.3 is 0 Å². The molecule has 1 atom stereocenters. The van der Waals surface area contributed by atoms with Crippen LogP contribution in [-0.2, 0) is 0 Å². The van der Waals surface area contributed by atoms with Gasteiger partial charge in [0.2, 0.25) is 0 Å². The quantitative estimate of drug-likeness (QED) is 0.799. The van der Waals surface area contributed by atoms with Gasteiger partial charge in [-0.3, -0.25) is 4.98 Å². The molecule has 17 heavy (non-hydrogen) atoms. The maximum Gasteiger partial charge on any atom is 0.187 e. The first-order chi connectivity index (χ1) is 8.20. The molecule has 0 spiro atoms. The Balaban J connectivity index is 2.45. The van der Waals surface area contributed by atoms with Crippen LogP contribution >= 0.6 is 23.4 Å². The lowest BCUT2D eigenvalue weighted by Crippen LogP contribution is -1.97. The molecule has 0 fully saturated rings. The number of aromatic nitrogens is 3. The van der Waals surface area contributed by atoms with Crippen molar-refractivity contribution in [2.75, 3.05) is 6.26 Å². The predicted molar refractivity (Wildman–Crippen MR) is 67.6 cm³/mol. The Hall–Kier alpha value is -1.20. The minimum Gasteiger partial charge on any atom is -0.264 e. The first-order valence-electron chi connectivity index (χ1n) is 4.82. The van der Waals surface area contributed by atoms with Gasteiger partial charge in [-0.25, -0.2) is 14.4 Å². The van der Waals surface area contributed by atoms with E-state index < -0.39 is 5.50 Å². The van der Waals surface area contributed by atoms with E-state index >= 15 is 0 Å². The number of pyridine rings is 1. The zero-order chi connectivity index (χ0) is 12.3. The van der Waals surface area contributed by atoms with Gasteiger partial charge >= 0.3 is 0 Å². The highest BCUT2D eigenvalue weighted by Crippen LogP contribution is 2.29. The Kier molecular flexibility index (Phi) is 3.91. The summed E-state index contributed by atoms with van der Waals surface area (Å²) in [4.78, 5) is 12.2. The fraction of sp³-hybridized carbons (Fsp3) is 0.182. The molecule has 2 rings (SSSR count). The van der Waals surface area contributed by atoms with Gasteiger partial charge in [-0.05, 0) is 18.4 Å². The van der Waals surface area contributed by atoms with Gasteiger partial charge in [0.1, 0.15) is 5.15 Å². The summed E-state index contributed by atoms with van der Waals surface area (Å²) in [5.41, 5.74) is -0.216. The maximum absolute atomic E-state index is 13.5. The molecule has 0 aliphatic rings. The van der Waals surface area contributed by atoms with Crippen molar-refractivity contribution in [1.29, 1.82) is 0 Å². The number of nitrogens with zero attached hydrogens (tertiary/aromatic N) is 3. The van der Waals surface area contributed by atoms with Crippen molar-refractivity contribution in [3.8, 4) is 11.4 Å². The number of thioether (sulfide) groups is 1. The van der Waals surface area contributed by atoms with Crippen molar-refractivity contribution in [1.82, 2.24) is 15.0 Å². The maximum atomic E-state index is 13.5. The van der Waals surface area contributed by atoms with Gasteiger partial charge in [0.15, 0.2) is 11.3 Å². The lowest BCUT2D eigenvalue weighted by Gasteiger charge is -2.07. The molecule has 3 nitrogen and oxygen atoms in total. The predicted octanol–water partition coefficient (Wildman–Crippen LogP) is 3.52. The average Bonchev–Trinajstić information content (AvgIpc) is 2.38. The third kappa shape index (κ3) is 2.92. The first-order valence-corrected chi connectivity index (χ1v) is 6.49. The van der Waals surface area contributed by atoms with Crippen LogP contribution in [0.2, 0.25) is 5.15 Å². The van der Waals surface area contributed by atoms with E-state index in [2.05, 4.69) is 15.0 Å². The third-order valence-electron chi connectivity index (χ3n) is 2.07. The Morgan fingerprint density at radius 2 is 2.24 bits per heavy atom. The van der Waals surface area contributed by atoms with E-state index in [1.54, 1.807) is 30.8 Å².